The third-order valence-corrected chi connectivity index (χ3v) is 5.86. The number of rotatable bonds is 7. The summed E-state index contributed by atoms with van der Waals surface area (Å²) in [7, 11) is 3.93. The van der Waals surface area contributed by atoms with Gasteiger partial charge in [0, 0.05) is 37.3 Å². The van der Waals surface area contributed by atoms with Crippen LogP contribution in [0.5, 0.6) is 17.2 Å². The Morgan fingerprint density at radius 2 is 1.93 bits per heavy atom. The first-order chi connectivity index (χ1) is 13.7. The number of ether oxygens (including phenoxy) is 3. The van der Waals surface area contributed by atoms with Crippen LogP contribution in [0.15, 0.2) is 42.5 Å². The molecule has 2 aromatic carbocycles. The second kappa shape index (κ2) is 8.84. The van der Waals surface area contributed by atoms with Gasteiger partial charge in [-0.2, -0.15) is 0 Å². The van der Waals surface area contributed by atoms with E-state index in [0.29, 0.717) is 6.04 Å². The van der Waals surface area contributed by atoms with Crippen molar-refractivity contribution in [1.29, 1.82) is 0 Å². The van der Waals surface area contributed by atoms with Crippen molar-refractivity contribution in [3.05, 3.63) is 53.6 Å². The van der Waals surface area contributed by atoms with Crippen LogP contribution in [-0.4, -0.2) is 56.4 Å². The van der Waals surface area contributed by atoms with Crippen LogP contribution in [-0.2, 0) is 13.0 Å². The van der Waals surface area contributed by atoms with E-state index in [-0.39, 0.29) is 6.79 Å². The Bertz CT molecular complexity index is 781. The molecule has 1 fully saturated rings. The zero-order valence-electron chi connectivity index (χ0n) is 16.9. The number of likely N-dealkylation sites (N-methyl/N-ethyl adjacent to an activating group) is 1. The van der Waals surface area contributed by atoms with Crippen LogP contribution in [0.4, 0.5) is 0 Å². The molecular formula is C23H30N2O3. The Hall–Kier alpha value is -2.24. The predicted octanol–water partition coefficient (Wildman–Crippen LogP) is 3.56. The van der Waals surface area contributed by atoms with Crippen LogP contribution in [0.2, 0.25) is 0 Å². The first kappa shape index (κ1) is 19.1. The number of nitrogens with zero attached hydrogens (tertiary/aromatic N) is 2. The zero-order chi connectivity index (χ0) is 19.3. The summed E-state index contributed by atoms with van der Waals surface area (Å²) in [5.74, 6) is 2.46. The van der Waals surface area contributed by atoms with Crippen LogP contribution >= 0.6 is 0 Å². The largest absolute Gasteiger partial charge is 0.496 e. The fraction of sp³-hybridized carbons (Fsp3) is 0.478. The molecule has 2 heterocycles. The van der Waals surface area contributed by atoms with Gasteiger partial charge in [-0.3, -0.25) is 4.90 Å². The van der Waals surface area contributed by atoms with Gasteiger partial charge in [0.25, 0.3) is 0 Å². The molecule has 0 spiro atoms. The highest BCUT2D eigenvalue weighted by Crippen LogP contribution is 2.38. The third-order valence-electron chi connectivity index (χ3n) is 5.86. The van der Waals surface area contributed by atoms with E-state index in [1.807, 2.05) is 6.07 Å². The number of hydrogen-bond acceptors (Lipinski definition) is 5. The first-order valence-electron chi connectivity index (χ1n) is 10.2. The monoisotopic (exact) mass is 382 g/mol. The second-order valence-corrected chi connectivity index (χ2v) is 7.76. The molecule has 0 bridgehead atoms. The Balaban J connectivity index is 1.36. The molecule has 5 heteroatoms. The van der Waals surface area contributed by atoms with Gasteiger partial charge < -0.3 is 19.1 Å². The molecule has 4 rings (SSSR count). The van der Waals surface area contributed by atoms with Crippen LogP contribution in [0, 0.1) is 0 Å². The van der Waals surface area contributed by atoms with Gasteiger partial charge in [-0.15, -0.1) is 0 Å². The molecule has 28 heavy (non-hydrogen) atoms. The van der Waals surface area contributed by atoms with E-state index in [2.05, 4.69) is 53.2 Å². The van der Waals surface area contributed by atoms with E-state index in [9.17, 15) is 0 Å². The third kappa shape index (κ3) is 4.42. The Morgan fingerprint density at radius 1 is 1.14 bits per heavy atom. The maximum absolute atomic E-state index is 5.59. The summed E-state index contributed by atoms with van der Waals surface area (Å²) in [4.78, 5) is 5.06. The van der Waals surface area contributed by atoms with E-state index in [1.165, 1.54) is 24.9 Å². The normalized spacial score (nSPS) is 19.2. The fourth-order valence-electron chi connectivity index (χ4n) is 4.20. The summed E-state index contributed by atoms with van der Waals surface area (Å²) >= 11 is 0. The van der Waals surface area contributed by atoms with Gasteiger partial charge in [0.2, 0.25) is 6.79 Å². The molecule has 2 aliphatic heterocycles. The van der Waals surface area contributed by atoms with Crippen molar-refractivity contribution in [3.63, 3.8) is 0 Å². The summed E-state index contributed by atoms with van der Waals surface area (Å²) in [6, 6.07) is 15.3. The van der Waals surface area contributed by atoms with Gasteiger partial charge in [0.15, 0.2) is 11.5 Å². The summed E-state index contributed by atoms with van der Waals surface area (Å²) in [6.07, 6.45) is 3.61. The van der Waals surface area contributed by atoms with Gasteiger partial charge in [-0.1, -0.05) is 30.3 Å². The molecule has 1 saturated heterocycles. The number of benzene rings is 2. The van der Waals surface area contributed by atoms with Gasteiger partial charge in [-0.25, -0.2) is 0 Å². The highest BCUT2D eigenvalue weighted by atomic mass is 16.7. The lowest BCUT2D eigenvalue weighted by Crippen LogP contribution is -2.46. The highest BCUT2D eigenvalue weighted by Gasteiger charge is 2.25. The van der Waals surface area contributed by atoms with Crippen molar-refractivity contribution in [1.82, 2.24) is 9.80 Å². The molecule has 1 unspecified atom stereocenters. The van der Waals surface area contributed by atoms with Crippen molar-refractivity contribution >= 4 is 0 Å². The Labute approximate surface area is 167 Å². The molecule has 2 aliphatic rings. The molecule has 0 aliphatic carbocycles. The van der Waals surface area contributed by atoms with Crippen molar-refractivity contribution < 1.29 is 14.2 Å². The van der Waals surface area contributed by atoms with Gasteiger partial charge in [-0.05, 0) is 44.5 Å². The fourth-order valence-corrected chi connectivity index (χ4v) is 4.20. The number of fused-ring (bicyclic) bond motifs is 1. The number of hydrogen-bond donors (Lipinski definition) is 0. The molecule has 0 saturated carbocycles. The molecule has 0 radical (unpaired) electrons. The lowest BCUT2D eigenvalue weighted by molar-refractivity contribution is 0.112. The SMILES string of the molecule is COc1cc2c(cc1CN(C)C1CCCN(CCc3ccccc3)C1)OCO2. The number of piperidine rings is 1. The quantitative estimate of drug-likeness (QED) is 0.731. The van der Waals surface area contributed by atoms with E-state index < -0.39 is 0 Å². The van der Waals surface area contributed by atoms with Crippen LogP contribution in [0.1, 0.15) is 24.0 Å². The van der Waals surface area contributed by atoms with Gasteiger partial charge in [0.05, 0.1) is 7.11 Å². The smallest absolute Gasteiger partial charge is 0.231 e. The Kier molecular flexibility index (Phi) is 6.03. The predicted molar refractivity (Wildman–Crippen MR) is 110 cm³/mol. The van der Waals surface area contributed by atoms with Crippen molar-refractivity contribution in [3.8, 4) is 17.2 Å². The van der Waals surface area contributed by atoms with Crippen molar-refractivity contribution in [2.24, 2.45) is 0 Å². The molecule has 0 amide bonds. The topological polar surface area (TPSA) is 34.2 Å². The lowest BCUT2D eigenvalue weighted by atomic mass is 10.0. The molecular weight excluding hydrogens is 352 g/mol. The van der Waals surface area contributed by atoms with Crippen LogP contribution in [0.3, 0.4) is 0 Å². The maximum atomic E-state index is 5.59. The van der Waals surface area contributed by atoms with Crippen LogP contribution < -0.4 is 14.2 Å². The summed E-state index contributed by atoms with van der Waals surface area (Å²) in [5.41, 5.74) is 2.57. The highest BCUT2D eigenvalue weighted by molar-refractivity contribution is 5.51. The summed E-state index contributed by atoms with van der Waals surface area (Å²) in [6.45, 7) is 4.58. The van der Waals surface area contributed by atoms with E-state index in [4.69, 9.17) is 14.2 Å². The zero-order valence-corrected chi connectivity index (χ0v) is 16.9. The minimum absolute atomic E-state index is 0.288. The summed E-state index contributed by atoms with van der Waals surface area (Å²) < 4.78 is 16.6. The van der Waals surface area contributed by atoms with E-state index >= 15 is 0 Å². The standard InChI is InChI=1S/C23H30N2O3/c1-24(15-19-13-22-23(28-17-27-22)14-21(19)26-2)20-9-6-11-25(16-20)12-10-18-7-4-3-5-8-18/h3-5,7-8,13-14,20H,6,9-12,15-17H2,1-2H3. The molecule has 1 atom stereocenters. The van der Waals surface area contributed by atoms with E-state index in [1.54, 1.807) is 7.11 Å². The number of likely N-dealkylation sites (tertiary alicyclic amines) is 1. The lowest BCUT2D eigenvalue weighted by Gasteiger charge is -2.38. The molecule has 2 aromatic rings. The minimum atomic E-state index is 0.288. The average Bonchev–Trinajstić information content (AvgIpc) is 3.20. The molecule has 5 nitrogen and oxygen atoms in total. The van der Waals surface area contributed by atoms with Crippen molar-refractivity contribution in [2.75, 3.05) is 40.6 Å². The Morgan fingerprint density at radius 3 is 2.71 bits per heavy atom. The average molecular weight is 383 g/mol. The van der Waals surface area contributed by atoms with Gasteiger partial charge in [0.1, 0.15) is 5.75 Å². The summed E-state index contributed by atoms with van der Waals surface area (Å²) in [5, 5.41) is 0. The maximum Gasteiger partial charge on any atom is 0.231 e. The molecule has 0 N–H and O–H groups in total. The molecule has 0 aromatic heterocycles. The second-order valence-electron chi connectivity index (χ2n) is 7.76. The van der Waals surface area contributed by atoms with Crippen molar-refractivity contribution in [2.45, 2.75) is 31.8 Å². The first-order valence-corrected chi connectivity index (χ1v) is 10.2. The minimum Gasteiger partial charge on any atom is -0.496 e. The molecule has 150 valence electrons. The van der Waals surface area contributed by atoms with E-state index in [0.717, 1.165) is 48.9 Å². The number of methoxy groups -OCH3 is 1. The van der Waals surface area contributed by atoms with Gasteiger partial charge >= 0.3 is 0 Å². The van der Waals surface area contributed by atoms with Crippen LogP contribution in [0.25, 0.3) is 0 Å².